The molecule has 3 rings (SSSR count). The van der Waals surface area contributed by atoms with E-state index in [9.17, 15) is 10.1 Å². The standard InChI is InChI=1S/C19H20N4O2S2/c1-13-5-4-6-16(11-13)23-14(2)20-21-19(23)27-18(12-22(24)25)15-7-9-17(26-3)10-8-15/h4-11,18H,12H2,1-3H3/t18-/m1/s1. The molecule has 0 saturated carbocycles. The molecule has 0 aliphatic carbocycles. The Morgan fingerprint density at radius 1 is 1.15 bits per heavy atom. The lowest BCUT2D eigenvalue weighted by atomic mass is 10.1. The van der Waals surface area contributed by atoms with E-state index in [1.807, 2.05) is 67.1 Å². The molecule has 0 spiro atoms. The summed E-state index contributed by atoms with van der Waals surface area (Å²) in [5.41, 5.74) is 2.99. The maximum absolute atomic E-state index is 11.2. The van der Waals surface area contributed by atoms with Crippen LogP contribution in [0.5, 0.6) is 0 Å². The fraction of sp³-hybridized carbons (Fsp3) is 0.263. The predicted octanol–water partition coefficient (Wildman–Crippen LogP) is 4.72. The molecule has 0 fully saturated rings. The summed E-state index contributed by atoms with van der Waals surface area (Å²) in [5, 5.41) is 20.0. The lowest BCUT2D eigenvalue weighted by molar-refractivity contribution is -0.479. The molecule has 27 heavy (non-hydrogen) atoms. The third-order valence-corrected chi connectivity index (χ3v) is 6.03. The van der Waals surface area contributed by atoms with Crippen LogP contribution >= 0.6 is 23.5 Å². The van der Waals surface area contributed by atoms with E-state index in [-0.39, 0.29) is 16.7 Å². The molecule has 1 heterocycles. The van der Waals surface area contributed by atoms with Gasteiger partial charge in [-0.1, -0.05) is 36.0 Å². The number of aromatic nitrogens is 3. The molecule has 8 heteroatoms. The molecule has 0 radical (unpaired) electrons. The van der Waals surface area contributed by atoms with E-state index in [0.717, 1.165) is 27.5 Å². The van der Waals surface area contributed by atoms with Crippen molar-refractivity contribution in [2.75, 3.05) is 12.8 Å². The summed E-state index contributed by atoms with van der Waals surface area (Å²) in [5.74, 6) is 0.751. The smallest absolute Gasteiger partial charge is 0.220 e. The summed E-state index contributed by atoms with van der Waals surface area (Å²) in [6, 6.07) is 15.9. The van der Waals surface area contributed by atoms with Crippen LogP contribution in [0.3, 0.4) is 0 Å². The molecule has 1 atom stereocenters. The molecule has 0 aliphatic rings. The molecule has 0 unspecified atom stereocenters. The normalized spacial score (nSPS) is 12.1. The highest BCUT2D eigenvalue weighted by Crippen LogP contribution is 2.36. The Bertz CT molecular complexity index is 941. The van der Waals surface area contributed by atoms with Crippen molar-refractivity contribution in [2.45, 2.75) is 29.1 Å². The minimum Gasteiger partial charge on any atom is -0.274 e. The summed E-state index contributed by atoms with van der Waals surface area (Å²) >= 11 is 3.02. The number of benzene rings is 2. The van der Waals surface area contributed by atoms with Crippen molar-refractivity contribution in [3.05, 3.63) is 75.6 Å². The van der Waals surface area contributed by atoms with Gasteiger partial charge in [-0.2, -0.15) is 0 Å². The minimum absolute atomic E-state index is 0.178. The zero-order valence-corrected chi connectivity index (χ0v) is 17.0. The molecule has 0 aliphatic heterocycles. The van der Waals surface area contributed by atoms with Crippen LogP contribution in [-0.4, -0.2) is 32.5 Å². The zero-order chi connectivity index (χ0) is 19.4. The monoisotopic (exact) mass is 400 g/mol. The van der Waals surface area contributed by atoms with Crippen molar-refractivity contribution in [3.8, 4) is 5.69 Å². The number of nitro groups is 1. The topological polar surface area (TPSA) is 73.8 Å². The average Bonchev–Trinajstić information content (AvgIpc) is 3.01. The Kier molecular flexibility index (Phi) is 6.18. The number of hydrogen-bond donors (Lipinski definition) is 0. The van der Waals surface area contributed by atoms with Gasteiger partial charge in [0.2, 0.25) is 6.54 Å². The van der Waals surface area contributed by atoms with Gasteiger partial charge in [0.1, 0.15) is 11.1 Å². The average molecular weight is 401 g/mol. The summed E-state index contributed by atoms with van der Waals surface area (Å²) in [6.07, 6.45) is 2.01. The molecule has 0 bridgehead atoms. The van der Waals surface area contributed by atoms with Gasteiger partial charge in [-0.3, -0.25) is 14.7 Å². The van der Waals surface area contributed by atoms with Crippen molar-refractivity contribution < 1.29 is 4.92 Å². The van der Waals surface area contributed by atoms with E-state index >= 15 is 0 Å². The molecular formula is C19H20N4O2S2. The van der Waals surface area contributed by atoms with E-state index in [4.69, 9.17) is 0 Å². The zero-order valence-electron chi connectivity index (χ0n) is 15.3. The maximum Gasteiger partial charge on any atom is 0.220 e. The quantitative estimate of drug-likeness (QED) is 0.325. The molecular weight excluding hydrogens is 380 g/mol. The number of hydrogen-bond acceptors (Lipinski definition) is 6. The molecule has 3 aromatic rings. The summed E-state index contributed by atoms with van der Waals surface area (Å²) in [6.45, 7) is 3.73. The molecule has 0 amide bonds. The summed E-state index contributed by atoms with van der Waals surface area (Å²) < 4.78 is 1.95. The van der Waals surface area contributed by atoms with Gasteiger partial charge in [0.15, 0.2) is 5.16 Å². The Morgan fingerprint density at radius 2 is 1.89 bits per heavy atom. The summed E-state index contributed by atoms with van der Waals surface area (Å²) in [4.78, 5) is 12.1. The van der Waals surface area contributed by atoms with Crippen LogP contribution in [0.1, 0.15) is 22.2 Å². The fourth-order valence-electron chi connectivity index (χ4n) is 2.78. The van der Waals surface area contributed by atoms with Crippen molar-refractivity contribution in [2.24, 2.45) is 0 Å². The Balaban J connectivity index is 1.95. The SMILES string of the molecule is CSc1ccc([C@@H](C[N+](=O)[O-])Sc2nnc(C)n2-c2cccc(C)c2)cc1. The van der Waals surface area contributed by atoms with Crippen molar-refractivity contribution in [3.63, 3.8) is 0 Å². The third kappa shape index (κ3) is 4.70. The van der Waals surface area contributed by atoms with Gasteiger partial charge in [0.25, 0.3) is 0 Å². The number of thioether (sulfide) groups is 2. The van der Waals surface area contributed by atoms with Crippen molar-refractivity contribution in [1.29, 1.82) is 0 Å². The second kappa shape index (κ2) is 8.58. The van der Waals surface area contributed by atoms with Crippen LogP contribution in [0.4, 0.5) is 0 Å². The molecule has 0 saturated heterocycles. The van der Waals surface area contributed by atoms with Gasteiger partial charge in [0.05, 0.1) is 0 Å². The number of aryl methyl sites for hydroxylation is 2. The Morgan fingerprint density at radius 3 is 2.52 bits per heavy atom. The van der Waals surface area contributed by atoms with E-state index < -0.39 is 0 Å². The second-order valence-corrected chi connectivity index (χ2v) is 8.15. The molecule has 6 nitrogen and oxygen atoms in total. The van der Waals surface area contributed by atoms with Gasteiger partial charge < -0.3 is 0 Å². The Labute approximate surface area is 166 Å². The van der Waals surface area contributed by atoms with E-state index in [1.165, 1.54) is 11.8 Å². The molecule has 1 aromatic heterocycles. The maximum atomic E-state index is 11.2. The lowest BCUT2D eigenvalue weighted by Crippen LogP contribution is -2.11. The number of rotatable bonds is 7. The first kappa shape index (κ1) is 19.4. The highest BCUT2D eigenvalue weighted by atomic mass is 32.2. The van der Waals surface area contributed by atoms with Crippen LogP contribution in [-0.2, 0) is 0 Å². The minimum atomic E-state index is -0.344. The van der Waals surface area contributed by atoms with Gasteiger partial charge in [0, 0.05) is 15.5 Å². The van der Waals surface area contributed by atoms with E-state index in [1.54, 1.807) is 11.8 Å². The van der Waals surface area contributed by atoms with Crippen LogP contribution < -0.4 is 0 Å². The molecule has 0 N–H and O–H groups in total. The van der Waals surface area contributed by atoms with Crippen LogP contribution in [0.2, 0.25) is 0 Å². The lowest BCUT2D eigenvalue weighted by Gasteiger charge is -2.15. The molecule has 2 aromatic carbocycles. The first-order valence-corrected chi connectivity index (χ1v) is 10.5. The van der Waals surface area contributed by atoms with Crippen molar-refractivity contribution >= 4 is 23.5 Å². The fourth-order valence-corrected chi connectivity index (χ4v) is 4.36. The van der Waals surface area contributed by atoms with E-state index in [2.05, 4.69) is 16.3 Å². The Hall–Kier alpha value is -2.32. The van der Waals surface area contributed by atoms with Gasteiger partial charge in [-0.15, -0.1) is 22.0 Å². The highest BCUT2D eigenvalue weighted by Gasteiger charge is 2.23. The summed E-state index contributed by atoms with van der Waals surface area (Å²) in [7, 11) is 0. The number of nitrogens with zero attached hydrogens (tertiary/aromatic N) is 4. The predicted molar refractivity (Wildman–Crippen MR) is 110 cm³/mol. The van der Waals surface area contributed by atoms with Gasteiger partial charge in [-0.25, -0.2) is 0 Å². The second-order valence-electron chi connectivity index (χ2n) is 6.10. The first-order chi connectivity index (χ1) is 13.0. The highest BCUT2D eigenvalue weighted by molar-refractivity contribution is 7.99. The van der Waals surface area contributed by atoms with Crippen molar-refractivity contribution in [1.82, 2.24) is 14.8 Å². The first-order valence-electron chi connectivity index (χ1n) is 8.39. The van der Waals surface area contributed by atoms with E-state index in [0.29, 0.717) is 5.16 Å². The third-order valence-electron chi connectivity index (χ3n) is 4.11. The van der Waals surface area contributed by atoms with Gasteiger partial charge in [-0.05, 0) is 55.5 Å². The largest absolute Gasteiger partial charge is 0.274 e. The van der Waals surface area contributed by atoms with Gasteiger partial charge >= 0.3 is 0 Å². The van der Waals surface area contributed by atoms with Crippen LogP contribution in [0.15, 0.2) is 58.6 Å². The van der Waals surface area contributed by atoms with Crippen LogP contribution in [0.25, 0.3) is 5.69 Å². The molecule has 140 valence electrons. The van der Waals surface area contributed by atoms with Crippen LogP contribution in [0, 0.1) is 24.0 Å².